The molecule has 2 saturated heterocycles. The molecule has 0 radical (unpaired) electrons. The van der Waals surface area contributed by atoms with Crippen molar-refractivity contribution in [1.29, 1.82) is 0 Å². The van der Waals surface area contributed by atoms with Crippen LogP contribution in [0.4, 0.5) is 0 Å². The summed E-state index contributed by atoms with van der Waals surface area (Å²) in [5, 5.41) is 8.16. The SMILES string of the molecule is CC1(C)CCCNC1c1nc(C2CSCCS2)no1. The van der Waals surface area contributed by atoms with Gasteiger partial charge in [-0.05, 0) is 24.8 Å². The first kappa shape index (κ1) is 13.8. The Morgan fingerprint density at radius 2 is 2.26 bits per heavy atom. The zero-order valence-corrected chi connectivity index (χ0v) is 13.1. The summed E-state index contributed by atoms with van der Waals surface area (Å²) in [6, 6.07) is 0.198. The molecule has 4 nitrogen and oxygen atoms in total. The molecule has 0 spiro atoms. The molecule has 1 N–H and O–H groups in total. The fourth-order valence-corrected chi connectivity index (χ4v) is 5.35. The molecule has 0 aromatic carbocycles. The van der Waals surface area contributed by atoms with Gasteiger partial charge >= 0.3 is 0 Å². The van der Waals surface area contributed by atoms with E-state index in [2.05, 4.69) is 29.3 Å². The van der Waals surface area contributed by atoms with Gasteiger partial charge in [-0.1, -0.05) is 19.0 Å². The molecule has 2 aliphatic rings. The standard InChI is InChI=1S/C13H21N3OS2/c1-13(2)4-3-5-14-10(13)12-15-11(16-17-12)9-8-18-6-7-19-9/h9-10,14H,3-8H2,1-2H3. The van der Waals surface area contributed by atoms with Crippen molar-refractivity contribution < 1.29 is 4.52 Å². The quantitative estimate of drug-likeness (QED) is 0.906. The van der Waals surface area contributed by atoms with Crippen molar-refractivity contribution in [2.75, 3.05) is 23.8 Å². The van der Waals surface area contributed by atoms with Crippen LogP contribution in [0, 0.1) is 5.41 Å². The Morgan fingerprint density at radius 1 is 1.37 bits per heavy atom. The Morgan fingerprint density at radius 3 is 3.00 bits per heavy atom. The van der Waals surface area contributed by atoms with Crippen LogP contribution in [0.1, 0.15) is 49.7 Å². The Kier molecular flexibility index (Phi) is 4.10. The average molecular weight is 299 g/mol. The summed E-state index contributed by atoms with van der Waals surface area (Å²) in [4.78, 5) is 4.68. The molecule has 0 bridgehead atoms. The summed E-state index contributed by atoms with van der Waals surface area (Å²) in [6.07, 6.45) is 2.43. The zero-order chi connectivity index (χ0) is 13.3. The Hall–Kier alpha value is -0.200. The maximum atomic E-state index is 5.55. The molecule has 2 fully saturated rings. The molecule has 0 amide bonds. The third-order valence-corrected chi connectivity index (χ3v) is 6.69. The minimum atomic E-state index is 0.191. The van der Waals surface area contributed by atoms with Gasteiger partial charge in [0.05, 0.1) is 11.3 Å². The van der Waals surface area contributed by atoms with Crippen molar-refractivity contribution in [2.45, 2.75) is 38.0 Å². The summed E-state index contributed by atoms with van der Waals surface area (Å²) in [7, 11) is 0. The Balaban J connectivity index is 1.76. The number of aromatic nitrogens is 2. The van der Waals surface area contributed by atoms with Gasteiger partial charge in [-0.15, -0.1) is 11.8 Å². The van der Waals surface area contributed by atoms with Gasteiger partial charge in [0.2, 0.25) is 5.89 Å². The smallest absolute Gasteiger partial charge is 0.244 e. The van der Waals surface area contributed by atoms with Crippen molar-refractivity contribution in [2.24, 2.45) is 5.41 Å². The molecule has 2 unspecified atom stereocenters. The van der Waals surface area contributed by atoms with E-state index in [4.69, 9.17) is 4.52 Å². The van der Waals surface area contributed by atoms with E-state index < -0.39 is 0 Å². The first-order chi connectivity index (χ1) is 9.17. The normalized spacial score (nSPS) is 31.3. The van der Waals surface area contributed by atoms with Crippen LogP contribution < -0.4 is 5.32 Å². The molecular formula is C13H21N3OS2. The minimum Gasteiger partial charge on any atom is -0.338 e. The molecule has 2 atom stereocenters. The lowest BCUT2D eigenvalue weighted by Gasteiger charge is -2.36. The largest absolute Gasteiger partial charge is 0.338 e. The second-order valence-corrected chi connectivity index (χ2v) is 8.36. The van der Waals surface area contributed by atoms with E-state index in [9.17, 15) is 0 Å². The molecule has 2 aliphatic heterocycles. The molecule has 0 aliphatic carbocycles. The lowest BCUT2D eigenvalue weighted by atomic mass is 9.77. The van der Waals surface area contributed by atoms with Gasteiger partial charge in [-0.3, -0.25) is 0 Å². The third-order valence-electron chi connectivity index (χ3n) is 3.94. The van der Waals surface area contributed by atoms with E-state index in [1.807, 2.05) is 23.5 Å². The molecule has 3 rings (SSSR count). The van der Waals surface area contributed by atoms with Crippen molar-refractivity contribution in [3.63, 3.8) is 0 Å². The molecule has 3 heterocycles. The predicted octanol–water partition coefficient (Wildman–Crippen LogP) is 3.04. The Labute approximate surface area is 122 Å². The number of hydrogen-bond donors (Lipinski definition) is 1. The van der Waals surface area contributed by atoms with Crippen LogP contribution in [0.2, 0.25) is 0 Å². The van der Waals surface area contributed by atoms with E-state index in [1.54, 1.807) is 0 Å². The molecule has 106 valence electrons. The van der Waals surface area contributed by atoms with Gasteiger partial charge in [-0.25, -0.2) is 0 Å². The van der Waals surface area contributed by atoms with Gasteiger partial charge in [0.25, 0.3) is 0 Å². The number of nitrogens with one attached hydrogen (secondary N) is 1. The van der Waals surface area contributed by atoms with Gasteiger partial charge < -0.3 is 9.84 Å². The first-order valence-electron chi connectivity index (χ1n) is 6.93. The number of hydrogen-bond acceptors (Lipinski definition) is 6. The fraction of sp³-hybridized carbons (Fsp3) is 0.846. The highest BCUT2D eigenvalue weighted by molar-refractivity contribution is 8.06. The second kappa shape index (κ2) is 5.66. The van der Waals surface area contributed by atoms with Crippen molar-refractivity contribution in [1.82, 2.24) is 15.5 Å². The highest BCUT2D eigenvalue weighted by Crippen LogP contribution is 2.41. The van der Waals surface area contributed by atoms with E-state index in [-0.39, 0.29) is 11.5 Å². The zero-order valence-electron chi connectivity index (χ0n) is 11.5. The average Bonchev–Trinajstić information content (AvgIpc) is 2.88. The lowest BCUT2D eigenvalue weighted by Crippen LogP contribution is -2.39. The number of thioether (sulfide) groups is 2. The molecule has 1 aromatic heterocycles. The summed E-state index contributed by atoms with van der Waals surface area (Å²) < 4.78 is 5.55. The summed E-state index contributed by atoms with van der Waals surface area (Å²) in [5.41, 5.74) is 0.191. The van der Waals surface area contributed by atoms with Gasteiger partial charge in [0, 0.05) is 17.3 Å². The van der Waals surface area contributed by atoms with Crippen LogP contribution in [-0.2, 0) is 0 Å². The topological polar surface area (TPSA) is 51.0 Å². The number of nitrogens with zero attached hydrogens (tertiary/aromatic N) is 2. The predicted molar refractivity (Wildman–Crippen MR) is 80.6 cm³/mol. The van der Waals surface area contributed by atoms with E-state index >= 15 is 0 Å². The van der Waals surface area contributed by atoms with Crippen LogP contribution in [0.3, 0.4) is 0 Å². The molecular weight excluding hydrogens is 278 g/mol. The third kappa shape index (κ3) is 2.95. The highest BCUT2D eigenvalue weighted by Gasteiger charge is 2.37. The maximum Gasteiger partial charge on any atom is 0.244 e. The number of piperidine rings is 1. The fourth-order valence-electron chi connectivity index (χ4n) is 2.76. The maximum absolute atomic E-state index is 5.55. The van der Waals surface area contributed by atoms with Gasteiger partial charge in [0.15, 0.2) is 5.82 Å². The van der Waals surface area contributed by atoms with Crippen LogP contribution in [0.5, 0.6) is 0 Å². The van der Waals surface area contributed by atoms with E-state index in [0.717, 1.165) is 24.0 Å². The van der Waals surface area contributed by atoms with Crippen molar-refractivity contribution in [3.8, 4) is 0 Å². The summed E-state index contributed by atoms with van der Waals surface area (Å²) in [5.74, 6) is 5.19. The van der Waals surface area contributed by atoms with Crippen molar-refractivity contribution in [3.05, 3.63) is 11.7 Å². The van der Waals surface area contributed by atoms with Crippen LogP contribution in [-0.4, -0.2) is 33.9 Å². The minimum absolute atomic E-state index is 0.191. The molecule has 19 heavy (non-hydrogen) atoms. The Bertz CT molecular complexity index is 429. The van der Waals surface area contributed by atoms with Crippen LogP contribution in [0.15, 0.2) is 4.52 Å². The van der Waals surface area contributed by atoms with Crippen molar-refractivity contribution >= 4 is 23.5 Å². The number of rotatable bonds is 2. The van der Waals surface area contributed by atoms with Gasteiger partial charge in [0.1, 0.15) is 0 Å². The van der Waals surface area contributed by atoms with Crippen LogP contribution in [0.25, 0.3) is 0 Å². The first-order valence-corrected chi connectivity index (χ1v) is 9.13. The molecule has 0 saturated carbocycles. The summed E-state index contributed by atoms with van der Waals surface area (Å²) in [6.45, 7) is 5.59. The summed E-state index contributed by atoms with van der Waals surface area (Å²) >= 11 is 3.93. The van der Waals surface area contributed by atoms with E-state index in [0.29, 0.717) is 5.25 Å². The lowest BCUT2D eigenvalue weighted by molar-refractivity contribution is 0.146. The van der Waals surface area contributed by atoms with E-state index in [1.165, 1.54) is 24.3 Å². The molecule has 1 aromatic rings. The van der Waals surface area contributed by atoms with Crippen LogP contribution >= 0.6 is 23.5 Å². The monoisotopic (exact) mass is 299 g/mol. The highest BCUT2D eigenvalue weighted by atomic mass is 32.2. The molecule has 6 heteroatoms. The van der Waals surface area contributed by atoms with Gasteiger partial charge in [-0.2, -0.15) is 16.7 Å². The second-order valence-electron chi connectivity index (χ2n) is 5.90.